The Hall–Kier alpha value is -1.65. The third-order valence-electron chi connectivity index (χ3n) is 4.26. The summed E-state index contributed by atoms with van der Waals surface area (Å²) in [5, 5.41) is 4.53. The van der Waals surface area contributed by atoms with Crippen LogP contribution in [0.15, 0.2) is 30.3 Å². The highest BCUT2D eigenvalue weighted by Crippen LogP contribution is 2.23. The molecule has 1 aliphatic heterocycles. The molecule has 21 heavy (non-hydrogen) atoms. The van der Waals surface area contributed by atoms with Gasteiger partial charge in [0.1, 0.15) is 0 Å². The van der Waals surface area contributed by atoms with Gasteiger partial charge in [0.15, 0.2) is 0 Å². The lowest BCUT2D eigenvalue weighted by atomic mass is 10.00. The number of pyridine rings is 1. The molecule has 1 fully saturated rings. The molecule has 112 valence electrons. The number of nitrogen functional groups attached to an aromatic ring is 1. The van der Waals surface area contributed by atoms with E-state index in [0.29, 0.717) is 12.0 Å². The van der Waals surface area contributed by atoms with E-state index in [1.54, 1.807) is 0 Å². The normalized spacial score (nSPS) is 22.0. The first kappa shape index (κ1) is 14.3. The van der Waals surface area contributed by atoms with Crippen molar-refractivity contribution in [2.75, 3.05) is 18.9 Å². The molecule has 0 saturated carbocycles. The summed E-state index contributed by atoms with van der Waals surface area (Å²) < 4.78 is 5.72. The Morgan fingerprint density at radius 1 is 1.38 bits per heavy atom. The van der Waals surface area contributed by atoms with Crippen molar-refractivity contribution in [3.63, 3.8) is 0 Å². The van der Waals surface area contributed by atoms with Crippen molar-refractivity contribution in [3.8, 4) is 0 Å². The number of fused-ring (bicyclic) bond motifs is 1. The topological polar surface area (TPSA) is 60.2 Å². The summed E-state index contributed by atoms with van der Waals surface area (Å²) >= 11 is 0. The van der Waals surface area contributed by atoms with Crippen molar-refractivity contribution in [1.29, 1.82) is 0 Å². The molecule has 1 aliphatic rings. The number of ether oxygens (including phenoxy) is 1. The van der Waals surface area contributed by atoms with E-state index in [1.807, 2.05) is 30.3 Å². The van der Waals surface area contributed by atoms with Crippen LogP contribution in [0.3, 0.4) is 0 Å². The van der Waals surface area contributed by atoms with Crippen LogP contribution in [0, 0.1) is 5.92 Å². The smallest absolute Gasteiger partial charge is 0.0726 e. The molecule has 0 amide bonds. The highest BCUT2D eigenvalue weighted by atomic mass is 16.5. The number of nitrogens with one attached hydrogen (secondary N) is 1. The number of para-hydroxylation sites is 1. The first-order valence-electron chi connectivity index (χ1n) is 7.74. The van der Waals surface area contributed by atoms with E-state index in [-0.39, 0.29) is 0 Å². The molecule has 4 heteroatoms. The van der Waals surface area contributed by atoms with Gasteiger partial charge in [-0.25, -0.2) is 0 Å². The first-order chi connectivity index (χ1) is 10.3. The Balaban J connectivity index is 1.63. The minimum Gasteiger partial charge on any atom is -0.398 e. The molecule has 2 heterocycles. The van der Waals surface area contributed by atoms with Gasteiger partial charge in [0, 0.05) is 30.8 Å². The van der Waals surface area contributed by atoms with Crippen LogP contribution in [0.2, 0.25) is 0 Å². The van der Waals surface area contributed by atoms with Crippen molar-refractivity contribution in [1.82, 2.24) is 10.3 Å². The van der Waals surface area contributed by atoms with Crippen molar-refractivity contribution in [3.05, 3.63) is 36.0 Å². The summed E-state index contributed by atoms with van der Waals surface area (Å²) in [7, 11) is 0. The third-order valence-corrected chi connectivity index (χ3v) is 4.26. The van der Waals surface area contributed by atoms with Gasteiger partial charge in [-0.15, -0.1) is 0 Å². The maximum Gasteiger partial charge on any atom is 0.0726 e. The molecule has 3 N–H and O–H groups in total. The molecule has 0 spiro atoms. The van der Waals surface area contributed by atoms with E-state index in [2.05, 4.69) is 17.2 Å². The molecule has 4 nitrogen and oxygen atoms in total. The Morgan fingerprint density at radius 3 is 3.10 bits per heavy atom. The molecule has 1 aromatic carbocycles. The second-order valence-electron chi connectivity index (χ2n) is 5.72. The van der Waals surface area contributed by atoms with E-state index in [0.717, 1.165) is 54.8 Å². The van der Waals surface area contributed by atoms with Crippen molar-refractivity contribution < 1.29 is 4.74 Å². The predicted molar refractivity (Wildman–Crippen MR) is 86.0 cm³/mol. The van der Waals surface area contributed by atoms with Crippen LogP contribution >= 0.6 is 0 Å². The van der Waals surface area contributed by atoms with Crippen molar-refractivity contribution in [2.45, 2.75) is 32.4 Å². The lowest BCUT2D eigenvalue weighted by Crippen LogP contribution is -2.28. The largest absolute Gasteiger partial charge is 0.398 e. The quantitative estimate of drug-likeness (QED) is 0.887. The summed E-state index contributed by atoms with van der Waals surface area (Å²) in [6.07, 6.45) is 2.65. The number of nitrogens with two attached hydrogens (primary N) is 1. The number of rotatable bonds is 5. The zero-order chi connectivity index (χ0) is 14.7. The average Bonchev–Trinajstić information content (AvgIpc) is 2.95. The minimum absolute atomic E-state index is 0.409. The Kier molecular flexibility index (Phi) is 4.36. The number of hydrogen-bond acceptors (Lipinski definition) is 4. The van der Waals surface area contributed by atoms with Gasteiger partial charge in [0.2, 0.25) is 0 Å². The number of anilines is 1. The van der Waals surface area contributed by atoms with Crippen molar-refractivity contribution >= 4 is 16.6 Å². The molecular formula is C17H23N3O. The maximum absolute atomic E-state index is 6.11. The van der Waals surface area contributed by atoms with Crippen LogP contribution in [0.1, 0.15) is 25.5 Å². The van der Waals surface area contributed by atoms with Crippen LogP contribution in [-0.4, -0.2) is 24.2 Å². The highest BCUT2D eigenvalue weighted by Gasteiger charge is 2.25. The highest BCUT2D eigenvalue weighted by molar-refractivity contribution is 5.90. The number of nitrogens with zero attached hydrogens (tertiary/aromatic N) is 1. The van der Waals surface area contributed by atoms with E-state index in [4.69, 9.17) is 10.5 Å². The van der Waals surface area contributed by atoms with E-state index in [1.165, 1.54) is 0 Å². The fourth-order valence-electron chi connectivity index (χ4n) is 3.11. The van der Waals surface area contributed by atoms with Crippen LogP contribution in [0.25, 0.3) is 10.9 Å². The zero-order valence-corrected chi connectivity index (χ0v) is 12.5. The molecule has 0 radical (unpaired) electrons. The lowest BCUT2D eigenvalue weighted by Gasteiger charge is -2.17. The van der Waals surface area contributed by atoms with E-state index in [9.17, 15) is 0 Å². The second-order valence-corrected chi connectivity index (χ2v) is 5.72. The third kappa shape index (κ3) is 3.17. The first-order valence-corrected chi connectivity index (χ1v) is 7.74. The van der Waals surface area contributed by atoms with Crippen molar-refractivity contribution in [2.24, 2.45) is 5.92 Å². The summed E-state index contributed by atoms with van der Waals surface area (Å²) in [5.41, 5.74) is 8.87. The van der Waals surface area contributed by atoms with Crippen LogP contribution < -0.4 is 11.1 Å². The molecule has 2 atom stereocenters. The zero-order valence-electron chi connectivity index (χ0n) is 12.5. The molecular weight excluding hydrogens is 262 g/mol. The van der Waals surface area contributed by atoms with Gasteiger partial charge in [0.25, 0.3) is 0 Å². The molecule has 2 aromatic rings. The van der Waals surface area contributed by atoms with Gasteiger partial charge in [-0.05, 0) is 30.9 Å². The molecule has 0 aliphatic carbocycles. The summed E-state index contributed by atoms with van der Waals surface area (Å²) in [4.78, 5) is 4.67. The monoisotopic (exact) mass is 285 g/mol. The van der Waals surface area contributed by atoms with Gasteiger partial charge in [0.05, 0.1) is 17.3 Å². The van der Waals surface area contributed by atoms with Gasteiger partial charge >= 0.3 is 0 Å². The number of hydrogen-bond donors (Lipinski definition) is 2. The molecule has 1 saturated heterocycles. The summed E-state index contributed by atoms with van der Waals surface area (Å²) in [6, 6.07) is 9.97. The minimum atomic E-state index is 0.409. The van der Waals surface area contributed by atoms with E-state index < -0.39 is 0 Å². The van der Waals surface area contributed by atoms with Gasteiger partial charge in [-0.3, -0.25) is 4.98 Å². The SMILES string of the molecule is CCC1OCCC1CNCc1cc(N)c2ccccc2n1. The Bertz CT molecular complexity index is 614. The van der Waals surface area contributed by atoms with Gasteiger partial charge in [-0.2, -0.15) is 0 Å². The Labute approximate surface area is 125 Å². The average molecular weight is 285 g/mol. The van der Waals surface area contributed by atoms with Gasteiger partial charge in [-0.1, -0.05) is 25.1 Å². The predicted octanol–water partition coefficient (Wildman–Crippen LogP) is 2.72. The lowest BCUT2D eigenvalue weighted by molar-refractivity contribution is 0.0872. The standard InChI is InChI=1S/C17H23N3O/c1-2-17-12(7-8-21-17)10-19-11-13-9-15(18)14-5-3-4-6-16(14)20-13/h3-6,9,12,17,19H,2,7-8,10-11H2,1H3,(H2,18,20). The fourth-order valence-corrected chi connectivity index (χ4v) is 3.11. The maximum atomic E-state index is 6.11. The summed E-state index contributed by atoms with van der Waals surface area (Å²) in [5.74, 6) is 0.618. The Morgan fingerprint density at radius 2 is 2.24 bits per heavy atom. The van der Waals surface area contributed by atoms with Gasteiger partial charge < -0.3 is 15.8 Å². The number of aromatic nitrogens is 1. The molecule has 1 aromatic heterocycles. The van der Waals surface area contributed by atoms with Crippen LogP contribution in [-0.2, 0) is 11.3 Å². The summed E-state index contributed by atoms with van der Waals surface area (Å²) in [6.45, 7) is 4.81. The molecule has 2 unspecified atom stereocenters. The molecule has 0 bridgehead atoms. The van der Waals surface area contributed by atoms with Crippen LogP contribution in [0.4, 0.5) is 5.69 Å². The second kappa shape index (κ2) is 6.41. The number of benzene rings is 1. The molecule has 3 rings (SSSR count). The van der Waals surface area contributed by atoms with E-state index >= 15 is 0 Å². The fraction of sp³-hybridized carbons (Fsp3) is 0.471. The van der Waals surface area contributed by atoms with Crippen LogP contribution in [0.5, 0.6) is 0 Å².